The topological polar surface area (TPSA) is 44.5 Å². The van der Waals surface area contributed by atoms with Crippen LogP contribution < -0.4 is 10.5 Å². The number of hydrogen-bond acceptors (Lipinski definition) is 3. The fourth-order valence-electron chi connectivity index (χ4n) is 1.69. The zero-order valence-corrected chi connectivity index (χ0v) is 10.4. The smallest absolute Gasteiger partial charge is 0.118 e. The van der Waals surface area contributed by atoms with Crippen molar-refractivity contribution in [2.24, 2.45) is 0 Å². The Morgan fingerprint density at radius 2 is 1.67 bits per heavy atom. The zero-order chi connectivity index (χ0) is 12.8. The Morgan fingerprint density at radius 3 is 2.33 bits per heavy atom. The fraction of sp³-hybridized carbons (Fsp3) is 0.200. The number of benzene rings is 2. The Balaban J connectivity index is 1.84. The molecular weight excluding hydrogens is 226 g/mol. The highest BCUT2D eigenvalue weighted by Crippen LogP contribution is 2.13. The summed E-state index contributed by atoms with van der Waals surface area (Å²) in [5.74, 6) is 0.856. The van der Waals surface area contributed by atoms with Crippen molar-refractivity contribution in [2.45, 2.75) is 13.2 Å². The van der Waals surface area contributed by atoms with Gasteiger partial charge in [-0.1, -0.05) is 24.3 Å². The van der Waals surface area contributed by atoms with E-state index in [-0.39, 0.29) is 0 Å². The minimum atomic E-state index is 0.567. The molecule has 2 N–H and O–H groups in total. The fourth-order valence-corrected chi connectivity index (χ4v) is 1.69. The molecule has 0 unspecified atom stereocenters. The third-order valence-electron chi connectivity index (χ3n) is 2.65. The van der Waals surface area contributed by atoms with Crippen molar-refractivity contribution in [3.05, 3.63) is 59.7 Å². The summed E-state index contributed by atoms with van der Waals surface area (Å²) in [5.41, 5.74) is 8.68. The minimum absolute atomic E-state index is 0.567. The number of hydrogen-bond donors (Lipinski definition) is 1. The molecule has 0 heterocycles. The second kappa shape index (κ2) is 6.07. The molecule has 0 saturated carbocycles. The Morgan fingerprint density at radius 1 is 0.944 bits per heavy atom. The molecule has 3 nitrogen and oxygen atoms in total. The summed E-state index contributed by atoms with van der Waals surface area (Å²) >= 11 is 0. The van der Waals surface area contributed by atoms with Gasteiger partial charge in [0.15, 0.2) is 0 Å². The summed E-state index contributed by atoms with van der Waals surface area (Å²) in [7, 11) is 1.66. The first-order valence-corrected chi connectivity index (χ1v) is 5.83. The first-order valence-electron chi connectivity index (χ1n) is 5.83. The highest BCUT2D eigenvalue weighted by Gasteiger charge is 1.97. The van der Waals surface area contributed by atoms with Crippen LogP contribution in [0.1, 0.15) is 11.1 Å². The van der Waals surface area contributed by atoms with Gasteiger partial charge in [0, 0.05) is 5.69 Å². The van der Waals surface area contributed by atoms with Crippen molar-refractivity contribution in [1.82, 2.24) is 0 Å². The van der Waals surface area contributed by atoms with E-state index in [1.54, 1.807) is 7.11 Å². The van der Waals surface area contributed by atoms with Crippen LogP contribution in [0.3, 0.4) is 0 Å². The number of nitrogens with two attached hydrogens (primary N) is 1. The molecular formula is C15H17NO2. The molecule has 18 heavy (non-hydrogen) atoms. The number of anilines is 1. The van der Waals surface area contributed by atoms with Gasteiger partial charge in [-0.25, -0.2) is 0 Å². The molecule has 0 spiro atoms. The van der Waals surface area contributed by atoms with Crippen molar-refractivity contribution < 1.29 is 9.47 Å². The van der Waals surface area contributed by atoms with Gasteiger partial charge in [-0.15, -0.1) is 0 Å². The molecule has 2 aromatic carbocycles. The lowest BCUT2D eigenvalue weighted by atomic mass is 10.2. The molecule has 0 amide bonds. The van der Waals surface area contributed by atoms with Gasteiger partial charge < -0.3 is 15.2 Å². The molecule has 0 aliphatic heterocycles. The van der Waals surface area contributed by atoms with E-state index in [0.29, 0.717) is 13.2 Å². The summed E-state index contributed by atoms with van der Waals surface area (Å²) < 4.78 is 10.7. The third kappa shape index (κ3) is 3.50. The van der Waals surface area contributed by atoms with Gasteiger partial charge in [0.05, 0.1) is 20.3 Å². The van der Waals surface area contributed by atoms with E-state index in [2.05, 4.69) is 0 Å². The maximum Gasteiger partial charge on any atom is 0.118 e. The van der Waals surface area contributed by atoms with Crippen LogP contribution in [0.2, 0.25) is 0 Å². The minimum Gasteiger partial charge on any atom is -0.497 e. The van der Waals surface area contributed by atoms with Crippen molar-refractivity contribution in [3.63, 3.8) is 0 Å². The Labute approximate surface area is 107 Å². The van der Waals surface area contributed by atoms with E-state index in [0.717, 1.165) is 22.6 Å². The lowest BCUT2D eigenvalue weighted by Crippen LogP contribution is -1.95. The average molecular weight is 243 g/mol. The molecule has 0 atom stereocenters. The molecule has 2 rings (SSSR count). The van der Waals surface area contributed by atoms with Crippen LogP contribution in [0.4, 0.5) is 5.69 Å². The van der Waals surface area contributed by atoms with E-state index < -0.39 is 0 Å². The van der Waals surface area contributed by atoms with Gasteiger partial charge in [0.2, 0.25) is 0 Å². The lowest BCUT2D eigenvalue weighted by molar-refractivity contribution is 0.107. The van der Waals surface area contributed by atoms with Gasteiger partial charge in [-0.3, -0.25) is 0 Å². The predicted molar refractivity (Wildman–Crippen MR) is 72.3 cm³/mol. The molecule has 0 aromatic heterocycles. The van der Waals surface area contributed by atoms with Gasteiger partial charge in [0.1, 0.15) is 5.75 Å². The first kappa shape index (κ1) is 12.5. The van der Waals surface area contributed by atoms with E-state index in [1.165, 1.54) is 0 Å². The monoisotopic (exact) mass is 243 g/mol. The van der Waals surface area contributed by atoms with Crippen LogP contribution in [-0.4, -0.2) is 7.11 Å². The van der Waals surface area contributed by atoms with Gasteiger partial charge in [-0.2, -0.15) is 0 Å². The van der Waals surface area contributed by atoms with E-state index in [4.69, 9.17) is 15.2 Å². The predicted octanol–water partition coefficient (Wildman–Crippen LogP) is 2.99. The SMILES string of the molecule is COc1ccc(COCc2cccc(N)c2)cc1. The summed E-state index contributed by atoms with van der Waals surface area (Å²) in [6.45, 7) is 1.15. The highest BCUT2D eigenvalue weighted by atomic mass is 16.5. The second-order valence-electron chi connectivity index (χ2n) is 4.09. The average Bonchev–Trinajstić information content (AvgIpc) is 2.40. The molecule has 0 bridgehead atoms. The quantitative estimate of drug-likeness (QED) is 0.821. The summed E-state index contributed by atoms with van der Waals surface area (Å²) in [6, 6.07) is 15.6. The molecule has 0 aliphatic rings. The summed E-state index contributed by atoms with van der Waals surface area (Å²) in [4.78, 5) is 0. The van der Waals surface area contributed by atoms with Crippen LogP contribution in [0.15, 0.2) is 48.5 Å². The van der Waals surface area contributed by atoms with Gasteiger partial charge >= 0.3 is 0 Å². The van der Waals surface area contributed by atoms with E-state index in [9.17, 15) is 0 Å². The van der Waals surface area contributed by atoms with Crippen molar-refractivity contribution in [2.75, 3.05) is 12.8 Å². The lowest BCUT2D eigenvalue weighted by Gasteiger charge is -2.06. The summed E-state index contributed by atoms with van der Waals surface area (Å²) in [6.07, 6.45) is 0. The standard InChI is InChI=1S/C15H17NO2/c1-17-15-7-5-12(6-8-15)10-18-11-13-3-2-4-14(16)9-13/h2-9H,10-11,16H2,1H3. The molecule has 0 aliphatic carbocycles. The van der Waals surface area contributed by atoms with Crippen molar-refractivity contribution in [1.29, 1.82) is 0 Å². The molecule has 0 radical (unpaired) electrons. The normalized spacial score (nSPS) is 10.3. The highest BCUT2D eigenvalue weighted by molar-refractivity contribution is 5.40. The first-order chi connectivity index (χ1) is 8.78. The molecule has 2 aromatic rings. The van der Waals surface area contributed by atoms with Crippen molar-refractivity contribution in [3.8, 4) is 5.75 Å². The Kier molecular flexibility index (Phi) is 4.20. The molecule has 0 saturated heterocycles. The van der Waals surface area contributed by atoms with Gasteiger partial charge in [-0.05, 0) is 35.4 Å². The molecule has 94 valence electrons. The molecule has 0 fully saturated rings. The number of nitrogen functional groups attached to an aromatic ring is 1. The number of rotatable bonds is 5. The van der Waals surface area contributed by atoms with E-state index >= 15 is 0 Å². The maximum absolute atomic E-state index is 5.70. The van der Waals surface area contributed by atoms with Crippen LogP contribution >= 0.6 is 0 Å². The summed E-state index contributed by atoms with van der Waals surface area (Å²) in [5, 5.41) is 0. The van der Waals surface area contributed by atoms with Gasteiger partial charge in [0.25, 0.3) is 0 Å². The van der Waals surface area contributed by atoms with Crippen LogP contribution in [0.5, 0.6) is 5.75 Å². The largest absolute Gasteiger partial charge is 0.497 e. The van der Waals surface area contributed by atoms with Crippen molar-refractivity contribution >= 4 is 5.69 Å². The van der Waals surface area contributed by atoms with Crippen LogP contribution in [0, 0.1) is 0 Å². The number of ether oxygens (including phenoxy) is 2. The second-order valence-corrected chi connectivity index (χ2v) is 4.09. The number of methoxy groups -OCH3 is 1. The third-order valence-corrected chi connectivity index (χ3v) is 2.65. The Bertz CT molecular complexity index is 494. The van der Waals surface area contributed by atoms with Crippen LogP contribution in [-0.2, 0) is 18.0 Å². The molecule has 3 heteroatoms. The van der Waals surface area contributed by atoms with E-state index in [1.807, 2.05) is 48.5 Å². The maximum atomic E-state index is 5.70. The Hall–Kier alpha value is -2.00. The van der Waals surface area contributed by atoms with Crippen LogP contribution in [0.25, 0.3) is 0 Å². The zero-order valence-electron chi connectivity index (χ0n) is 10.4.